The van der Waals surface area contributed by atoms with E-state index in [1.807, 2.05) is 0 Å². The van der Waals surface area contributed by atoms with E-state index in [2.05, 4.69) is 0 Å². The van der Waals surface area contributed by atoms with Crippen molar-refractivity contribution < 1.29 is 24.4 Å². The number of esters is 1. The minimum absolute atomic E-state index is 0.0363. The van der Waals surface area contributed by atoms with E-state index < -0.39 is 34.4 Å². The zero-order chi connectivity index (χ0) is 17.1. The number of hydrogen-bond acceptors (Lipinski definition) is 6. The van der Waals surface area contributed by atoms with Crippen LogP contribution in [0.2, 0.25) is 0 Å². The second-order valence-corrected chi connectivity index (χ2v) is 5.69. The highest BCUT2D eigenvalue weighted by Crippen LogP contribution is 2.30. The van der Waals surface area contributed by atoms with Gasteiger partial charge in [0.25, 0.3) is 5.69 Å². The van der Waals surface area contributed by atoms with E-state index >= 15 is 0 Å². The van der Waals surface area contributed by atoms with E-state index in [1.165, 1.54) is 24.3 Å². The Morgan fingerprint density at radius 1 is 1.32 bits per heavy atom. The molecule has 3 N–H and O–H groups in total. The maximum atomic E-state index is 12.0. The highest BCUT2D eigenvalue weighted by atomic mass is 16.6. The van der Waals surface area contributed by atoms with Crippen LogP contribution in [-0.2, 0) is 14.3 Å². The number of para-hydroxylation sites is 1. The zero-order valence-corrected chi connectivity index (χ0v) is 12.5. The van der Waals surface area contributed by atoms with Gasteiger partial charge in [-0.3, -0.25) is 19.7 Å². The average Bonchev–Trinajstić information content (AvgIpc) is 2.35. The summed E-state index contributed by atoms with van der Waals surface area (Å²) in [4.78, 5) is 33.7. The molecule has 0 aliphatic carbocycles. The number of carboxylic acids is 1. The largest absolute Gasteiger partial charge is 0.481 e. The summed E-state index contributed by atoms with van der Waals surface area (Å²) in [5.41, 5.74) is 4.54. The van der Waals surface area contributed by atoms with Crippen LogP contribution in [0.4, 0.5) is 5.69 Å². The number of rotatable bonds is 5. The third kappa shape index (κ3) is 4.26. The number of nitro groups is 1. The van der Waals surface area contributed by atoms with Crippen molar-refractivity contribution in [2.24, 2.45) is 11.7 Å². The molecule has 120 valence electrons. The summed E-state index contributed by atoms with van der Waals surface area (Å²) >= 11 is 0. The fourth-order valence-corrected chi connectivity index (χ4v) is 1.88. The number of carbonyl (C=O) groups excluding carboxylic acids is 1. The zero-order valence-electron chi connectivity index (χ0n) is 12.5. The van der Waals surface area contributed by atoms with E-state index in [4.69, 9.17) is 10.5 Å². The van der Waals surface area contributed by atoms with Crippen molar-refractivity contribution in [3.8, 4) is 0 Å². The van der Waals surface area contributed by atoms with E-state index in [0.29, 0.717) is 0 Å². The lowest BCUT2D eigenvalue weighted by Crippen LogP contribution is -2.39. The smallest absolute Gasteiger partial charge is 0.322 e. The Morgan fingerprint density at radius 3 is 2.32 bits per heavy atom. The van der Waals surface area contributed by atoms with Gasteiger partial charge in [-0.05, 0) is 20.8 Å². The number of nitro benzene ring substituents is 1. The van der Waals surface area contributed by atoms with Crippen molar-refractivity contribution in [3.05, 3.63) is 39.9 Å². The molecule has 8 nitrogen and oxygen atoms in total. The topological polar surface area (TPSA) is 133 Å². The monoisotopic (exact) mass is 310 g/mol. The van der Waals surface area contributed by atoms with Gasteiger partial charge in [-0.15, -0.1) is 0 Å². The Morgan fingerprint density at radius 2 is 1.86 bits per heavy atom. The minimum atomic E-state index is -1.74. The van der Waals surface area contributed by atoms with E-state index in [-0.39, 0.29) is 11.3 Å². The van der Waals surface area contributed by atoms with Crippen molar-refractivity contribution in [1.29, 1.82) is 0 Å². The second-order valence-electron chi connectivity index (χ2n) is 5.69. The van der Waals surface area contributed by atoms with Crippen LogP contribution in [0.25, 0.3) is 0 Å². The van der Waals surface area contributed by atoms with Gasteiger partial charge < -0.3 is 15.6 Å². The van der Waals surface area contributed by atoms with Crippen LogP contribution in [0.5, 0.6) is 0 Å². The number of carbonyl (C=O) groups is 2. The molecular weight excluding hydrogens is 292 g/mol. The quantitative estimate of drug-likeness (QED) is 0.365. The third-order valence-corrected chi connectivity index (χ3v) is 2.78. The van der Waals surface area contributed by atoms with E-state index in [9.17, 15) is 24.8 Å². The molecule has 0 saturated heterocycles. The van der Waals surface area contributed by atoms with E-state index in [1.54, 1.807) is 20.8 Å². The van der Waals surface area contributed by atoms with Gasteiger partial charge in [-0.25, -0.2) is 0 Å². The Labute approximate surface area is 127 Å². The van der Waals surface area contributed by atoms with Gasteiger partial charge in [0.2, 0.25) is 0 Å². The predicted molar refractivity (Wildman–Crippen MR) is 77.0 cm³/mol. The first-order valence-corrected chi connectivity index (χ1v) is 6.49. The number of ether oxygens (including phenoxy) is 1. The molecule has 0 saturated carbocycles. The summed E-state index contributed by atoms with van der Waals surface area (Å²) in [5.74, 6) is -4.27. The lowest BCUT2D eigenvalue weighted by Gasteiger charge is -2.25. The van der Waals surface area contributed by atoms with Gasteiger partial charge in [0.15, 0.2) is 5.92 Å². The Balaban J connectivity index is 3.20. The highest BCUT2D eigenvalue weighted by Gasteiger charge is 2.39. The number of nitrogens with zero attached hydrogens (tertiary/aromatic N) is 1. The first-order chi connectivity index (χ1) is 10.0. The Bertz CT molecular complexity index is 593. The Hall–Kier alpha value is -2.48. The number of benzene rings is 1. The molecule has 0 heterocycles. The molecule has 0 spiro atoms. The first-order valence-electron chi connectivity index (χ1n) is 6.49. The van der Waals surface area contributed by atoms with Crippen LogP contribution in [-0.4, -0.2) is 27.6 Å². The van der Waals surface area contributed by atoms with Crippen LogP contribution >= 0.6 is 0 Å². The maximum absolute atomic E-state index is 12.0. The van der Waals surface area contributed by atoms with Crippen LogP contribution in [0.15, 0.2) is 24.3 Å². The van der Waals surface area contributed by atoms with Gasteiger partial charge in [-0.1, -0.05) is 18.2 Å². The molecule has 1 rings (SSSR count). The SMILES string of the molecule is CC(C)(C)OC(=O)[C@H](C(=O)O)C(N)c1ccccc1[N+](=O)[O-]. The third-order valence-electron chi connectivity index (χ3n) is 2.78. The van der Waals surface area contributed by atoms with E-state index in [0.717, 1.165) is 0 Å². The molecular formula is C14H18N2O6. The molecule has 0 aromatic heterocycles. The van der Waals surface area contributed by atoms with Gasteiger partial charge in [-0.2, -0.15) is 0 Å². The fraction of sp³-hybridized carbons (Fsp3) is 0.429. The van der Waals surface area contributed by atoms with Crippen molar-refractivity contribution >= 4 is 17.6 Å². The van der Waals surface area contributed by atoms with Crippen molar-refractivity contribution in [3.63, 3.8) is 0 Å². The normalized spacial score (nSPS) is 14.0. The number of nitrogens with two attached hydrogens (primary N) is 1. The van der Waals surface area contributed by atoms with Crippen molar-refractivity contribution in [2.45, 2.75) is 32.4 Å². The summed E-state index contributed by atoms with van der Waals surface area (Å²) in [6.45, 7) is 4.75. The molecule has 0 radical (unpaired) electrons. The fourth-order valence-electron chi connectivity index (χ4n) is 1.88. The molecule has 0 aliphatic rings. The molecule has 2 atom stereocenters. The summed E-state index contributed by atoms with van der Waals surface area (Å²) < 4.78 is 5.03. The molecule has 0 aliphatic heterocycles. The van der Waals surface area contributed by atoms with Gasteiger partial charge in [0.05, 0.1) is 11.0 Å². The summed E-state index contributed by atoms with van der Waals surface area (Å²) in [6.07, 6.45) is 0. The summed E-state index contributed by atoms with van der Waals surface area (Å²) in [6, 6.07) is 4.04. The predicted octanol–water partition coefficient (Wildman–Crippen LogP) is 1.64. The van der Waals surface area contributed by atoms with Gasteiger partial charge >= 0.3 is 11.9 Å². The molecule has 0 amide bonds. The van der Waals surface area contributed by atoms with Crippen LogP contribution in [0.1, 0.15) is 32.4 Å². The summed E-state index contributed by atoms with van der Waals surface area (Å²) in [7, 11) is 0. The van der Waals surface area contributed by atoms with Gasteiger partial charge in [0.1, 0.15) is 5.60 Å². The lowest BCUT2D eigenvalue weighted by molar-refractivity contribution is -0.385. The second kappa shape index (κ2) is 6.52. The van der Waals surface area contributed by atoms with Gasteiger partial charge in [0, 0.05) is 11.6 Å². The number of hydrogen-bond donors (Lipinski definition) is 2. The molecule has 1 unspecified atom stereocenters. The number of aliphatic carboxylic acids is 1. The van der Waals surface area contributed by atoms with Crippen molar-refractivity contribution in [1.82, 2.24) is 0 Å². The lowest BCUT2D eigenvalue weighted by atomic mass is 9.92. The van der Waals surface area contributed by atoms with Crippen LogP contribution < -0.4 is 5.73 Å². The maximum Gasteiger partial charge on any atom is 0.322 e. The average molecular weight is 310 g/mol. The molecule has 1 aromatic carbocycles. The highest BCUT2D eigenvalue weighted by molar-refractivity contribution is 5.95. The number of carboxylic acid groups (broad SMARTS) is 1. The molecule has 0 fully saturated rings. The van der Waals surface area contributed by atoms with Crippen LogP contribution in [0.3, 0.4) is 0 Å². The molecule has 8 heteroatoms. The first kappa shape index (κ1) is 17.6. The summed E-state index contributed by atoms with van der Waals surface area (Å²) in [5, 5.41) is 20.3. The molecule has 22 heavy (non-hydrogen) atoms. The molecule has 1 aromatic rings. The Kier molecular flexibility index (Phi) is 5.21. The standard InChI is InChI=1S/C14H18N2O6/c1-14(2,3)22-13(19)10(12(17)18)11(15)8-6-4-5-7-9(8)16(20)21/h4-7,10-11H,15H2,1-3H3,(H,17,18)/t10-,11?/m0/s1. The molecule has 0 bridgehead atoms. The minimum Gasteiger partial charge on any atom is -0.481 e. The van der Waals surface area contributed by atoms with Crippen molar-refractivity contribution in [2.75, 3.05) is 0 Å². The van der Waals surface area contributed by atoms with Crippen LogP contribution in [0, 0.1) is 16.0 Å².